The first-order chi connectivity index (χ1) is 7.17. The Morgan fingerprint density at radius 1 is 1.25 bits per heavy atom. The molecule has 0 aliphatic carbocycles. The van der Waals surface area contributed by atoms with Crippen LogP contribution in [0.1, 0.15) is 27.7 Å². The molecule has 0 saturated carbocycles. The van der Waals surface area contributed by atoms with Crippen LogP contribution in [0, 0.1) is 5.41 Å². The third-order valence-corrected chi connectivity index (χ3v) is 2.94. The highest BCUT2D eigenvalue weighted by atomic mass is 16.4. The Kier molecular flexibility index (Phi) is 5.86. The summed E-state index contributed by atoms with van der Waals surface area (Å²) in [5.41, 5.74) is -2.17. The summed E-state index contributed by atoms with van der Waals surface area (Å²) in [5, 5.41) is 35.1. The highest BCUT2D eigenvalue weighted by Crippen LogP contribution is 2.26. The largest absolute Gasteiger partial charge is 0.396 e. The molecular weight excluding hydrogens is 208 g/mol. The SMILES string of the molecule is CNC(C)CNC(C)(O)C(O)C(C)(C)CO. The number of nitrogens with one attached hydrogen (secondary N) is 2. The Morgan fingerprint density at radius 3 is 2.12 bits per heavy atom. The second-order valence-electron chi connectivity index (χ2n) is 5.27. The quantitative estimate of drug-likeness (QED) is 0.375. The average molecular weight is 234 g/mol. The van der Waals surface area contributed by atoms with E-state index >= 15 is 0 Å². The van der Waals surface area contributed by atoms with Gasteiger partial charge in [0, 0.05) is 18.0 Å². The molecule has 98 valence electrons. The van der Waals surface area contributed by atoms with Crippen molar-refractivity contribution in [3.05, 3.63) is 0 Å². The molecule has 0 amide bonds. The summed E-state index contributed by atoms with van der Waals surface area (Å²) in [5.74, 6) is 0. The summed E-state index contributed by atoms with van der Waals surface area (Å²) in [7, 11) is 1.83. The van der Waals surface area contributed by atoms with Crippen molar-refractivity contribution in [2.75, 3.05) is 20.2 Å². The topological polar surface area (TPSA) is 84.8 Å². The fourth-order valence-corrected chi connectivity index (χ4v) is 1.41. The lowest BCUT2D eigenvalue weighted by Crippen LogP contribution is -2.60. The van der Waals surface area contributed by atoms with Gasteiger partial charge in [-0.25, -0.2) is 0 Å². The second kappa shape index (κ2) is 5.93. The van der Waals surface area contributed by atoms with E-state index in [1.165, 1.54) is 6.92 Å². The number of likely N-dealkylation sites (N-methyl/N-ethyl adjacent to an activating group) is 1. The molecule has 0 saturated heterocycles. The van der Waals surface area contributed by atoms with Gasteiger partial charge in [0.2, 0.25) is 0 Å². The van der Waals surface area contributed by atoms with E-state index in [1.54, 1.807) is 13.8 Å². The van der Waals surface area contributed by atoms with Gasteiger partial charge < -0.3 is 20.6 Å². The lowest BCUT2D eigenvalue weighted by atomic mass is 9.82. The fourth-order valence-electron chi connectivity index (χ4n) is 1.41. The summed E-state index contributed by atoms with van der Waals surface area (Å²) in [6, 6.07) is 0.191. The van der Waals surface area contributed by atoms with Gasteiger partial charge in [0.1, 0.15) is 11.8 Å². The lowest BCUT2D eigenvalue weighted by Gasteiger charge is -2.39. The first-order valence-electron chi connectivity index (χ1n) is 5.61. The van der Waals surface area contributed by atoms with Gasteiger partial charge in [-0.05, 0) is 20.9 Å². The minimum absolute atomic E-state index is 0.187. The average Bonchev–Trinajstić information content (AvgIpc) is 2.24. The predicted molar refractivity (Wildman–Crippen MR) is 64.0 cm³/mol. The number of aliphatic hydroxyl groups is 3. The molecule has 0 radical (unpaired) electrons. The van der Waals surface area contributed by atoms with E-state index in [0.717, 1.165) is 0 Å². The van der Waals surface area contributed by atoms with Gasteiger partial charge in [0.15, 0.2) is 0 Å². The van der Waals surface area contributed by atoms with E-state index in [4.69, 9.17) is 5.11 Å². The first kappa shape index (κ1) is 15.8. The standard InChI is InChI=1S/C11H26N2O3/c1-8(12-5)6-13-11(4,16)9(15)10(2,3)7-14/h8-9,12-16H,6-7H2,1-5H3. The Bertz CT molecular complexity index is 207. The van der Waals surface area contributed by atoms with Crippen molar-refractivity contribution in [3.8, 4) is 0 Å². The monoisotopic (exact) mass is 234 g/mol. The molecule has 0 spiro atoms. The Labute approximate surface area is 97.9 Å². The van der Waals surface area contributed by atoms with Gasteiger partial charge >= 0.3 is 0 Å². The molecule has 3 atom stereocenters. The number of hydrogen-bond acceptors (Lipinski definition) is 5. The summed E-state index contributed by atoms with van der Waals surface area (Å²) in [4.78, 5) is 0. The molecule has 5 nitrogen and oxygen atoms in total. The van der Waals surface area contributed by atoms with E-state index in [-0.39, 0.29) is 12.6 Å². The van der Waals surface area contributed by atoms with E-state index in [9.17, 15) is 10.2 Å². The Balaban J connectivity index is 4.42. The summed E-state index contributed by atoms with van der Waals surface area (Å²) in [6.45, 7) is 7.23. The van der Waals surface area contributed by atoms with Crippen LogP contribution in [-0.2, 0) is 0 Å². The maximum atomic E-state index is 10.1. The van der Waals surface area contributed by atoms with Gasteiger partial charge in [0.05, 0.1) is 6.61 Å². The van der Waals surface area contributed by atoms with Crippen LogP contribution in [-0.4, -0.2) is 53.4 Å². The predicted octanol–water partition coefficient (Wildman–Crippen LogP) is -0.728. The van der Waals surface area contributed by atoms with E-state index in [2.05, 4.69) is 10.6 Å². The molecular formula is C11H26N2O3. The summed E-state index contributed by atoms with van der Waals surface area (Å²) < 4.78 is 0. The molecule has 16 heavy (non-hydrogen) atoms. The maximum Gasteiger partial charge on any atom is 0.139 e. The third-order valence-electron chi connectivity index (χ3n) is 2.94. The normalized spacial score (nSPS) is 20.2. The molecule has 5 heteroatoms. The van der Waals surface area contributed by atoms with Crippen LogP contribution in [0.2, 0.25) is 0 Å². The molecule has 0 aromatic rings. The van der Waals surface area contributed by atoms with Crippen LogP contribution in [0.15, 0.2) is 0 Å². The summed E-state index contributed by atoms with van der Waals surface area (Å²) >= 11 is 0. The number of aliphatic hydroxyl groups excluding tert-OH is 2. The van der Waals surface area contributed by atoms with Gasteiger partial charge in [-0.15, -0.1) is 0 Å². The zero-order chi connectivity index (χ0) is 13.0. The molecule has 3 unspecified atom stereocenters. The van der Waals surface area contributed by atoms with Crippen molar-refractivity contribution in [3.63, 3.8) is 0 Å². The maximum absolute atomic E-state index is 10.1. The smallest absolute Gasteiger partial charge is 0.139 e. The molecule has 0 heterocycles. The van der Waals surface area contributed by atoms with E-state index in [0.29, 0.717) is 6.54 Å². The first-order valence-corrected chi connectivity index (χ1v) is 5.61. The highest BCUT2D eigenvalue weighted by Gasteiger charge is 2.40. The molecule has 0 aliphatic rings. The number of rotatable bonds is 7. The van der Waals surface area contributed by atoms with Gasteiger partial charge in [-0.2, -0.15) is 0 Å². The number of hydrogen-bond donors (Lipinski definition) is 5. The van der Waals surface area contributed by atoms with Crippen LogP contribution < -0.4 is 10.6 Å². The van der Waals surface area contributed by atoms with Crippen molar-refractivity contribution in [2.45, 2.75) is 45.6 Å². The van der Waals surface area contributed by atoms with E-state index in [1.807, 2.05) is 14.0 Å². The molecule has 0 bridgehead atoms. The van der Waals surface area contributed by atoms with Crippen LogP contribution in [0.3, 0.4) is 0 Å². The van der Waals surface area contributed by atoms with Crippen LogP contribution in [0.25, 0.3) is 0 Å². The third kappa shape index (κ3) is 4.35. The molecule has 0 aromatic heterocycles. The van der Waals surface area contributed by atoms with Crippen LogP contribution >= 0.6 is 0 Å². The molecule has 5 N–H and O–H groups in total. The van der Waals surface area contributed by atoms with Crippen molar-refractivity contribution in [1.82, 2.24) is 10.6 Å². The fraction of sp³-hybridized carbons (Fsp3) is 1.00. The Morgan fingerprint density at radius 2 is 1.75 bits per heavy atom. The van der Waals surface area contributed by atoms with Crippen molar-refractivity contribution >= 4 is 0 Å². The minimum Gasteiger partial charge on any atom is -0.396 e. The molecule has 0 aromatic carbocycles. The van der Waals surface area contributed by atoms with Gasteiger partial charge in [-0.3, -0.25) is 5.32 Å². The van der Waals surface area contributed by atoms with Crippen molar-refractivity contribution in [1.29, 1.82) is 0 Å². The molecule has 0 rings (SSSR count). The van der Waals surface area contributed by atoms with Crippen LogP contribution in [0.4, 0.5) is 0 Å². The lowest BCUT2D eigenvalue weighted by molar-refractivity contribution is -0.143. The summed E-state index contributed by atoms with van der Waals surface area (Å²) in [6.07, 6.45) is -1.05. The van der Waals surface area contributed by atoms with Crippen molar-refractivity contribution < 1.29 is 15.3 Å². The van der Waals surface area contributed by atoms with Gasteiger partial charge in [-0.1, -0.05) is 13.8 Å². The van der Waals surface area contributed by atoms with Crippen LogP contribution in [0.5, 0.6) is 0 Å². The molecule has 0 aliphatic heterocycles. The Hall–Kier alpha value is -0.200. The van der Waals surface area contributed by atoms with Gasteiger partial charge in [0.25, 0.3) is 0 Å². The second-order valence-corrected chi connectivity index (χ2v) is 5.27. The molecule has 0 fully saturated rings. The van der Waals surface area contributed by atoms with Crippen molar-refractivity contribution in [2.24, 2.45) is 5.41 Å². The van der Waals surface area contributed by atoms with E-state index < -0.39 is 17.2 Å². The zero-order valence-electron chi connectivity index (χ0n) is 10.9. The zero-order valence-corrected chi connectivity index (χ0v) is 10.9. The highest BCUT2D eigenvalue weighted by molar-refractivity contribution is 4.90. The minimum atomic E-state index is -1.42.